The lowest BCUT2D eigenvalue weighted by molar-refractivity contribution is 0.175. The van der Waals surface area contributed by atoms with Gasteiger partial charge < -0.3 is 24.6 Å². The van der Waals surface area contributed by atoms with Gasteiger partial charge in [-0.1, -0.05) is 42.5 Å². The number of hydrogen-bond donors (Lipinski definition) is 2. The fourth-order valence-electron chi connectivity index (χ4n) is 4.41. The van der Waals surface area contributed by atoms with Crippen molar-refractivity contribution in [3.05, 3.63) is 77.6 Å². The number of carboxylic acid groups (broad SMARTS) is 1. The fourth-order valence-corrected chi connectivity index (χ4v) is 4.41. The van der Waals surface area contributed by atoms with E-state index in [2.05, 4.69) is 5.32 Å². The van der Waals surface area contributed by atoms with Gasteiger partial charge in [-0.05, 0) is 30.2 Å². The highest BCUT2D eigenvalue weighted by molar-refractivity contribution is 5.80. The molecule has 1 heterocycles. The summed E-state index contributed by atoms with van der Waals surface area (Å²) in [6.07, 6.45) is 0.0939. The maximum atomic E-state index is 14.6. The van der Waals surface area contributed by atoms with E-state index in [9.17, 15) is 14.3 Å². The molecule has 2 N–H and O–H groups in total. The van der Waals surface area contributed by atoms with Crippen LogP contribution in [0.4, 0.5) is 9.18 Å². The molecule has 7 heteroatoms. The molecule has 4 rings (SSSR count). The summed E-state index contributed by atoms with van der Waals surface area (Å²) in [6, 6.07) is 17.7. The monoisotopic (exact) mass is 451 g/mol. The summed E-state index contributed by atoms with van der Waals surface area (Å²) in [7, 11) is 3.09. The van der Waals surface area contributed by atoms with E-state index in [1.54, 1.807) is 13.2 Å². The summed E-state index contributed by atoms with van der Waals surface area (Å²) >= 11 is 0. The van der Waals surface area contributed by atoms with E-state index < -0.39 is 6.09 Å². The van der Waals surface area contributed by atoms with Crippen LogP contribution in [-0.2, 0) is 12.8 Å². The predicted molar refractivity (Wildman–Crippen MR) is 123 cm³/mol. The number of hydrogen-bond acceptors (Lipinski definition) is 4. The van der Waals surface area contributed by atoms with E-state index in [1.165, 1.54) is 19.2 Å². The second-order valence-corrected chi connectivity index (χ2v) is 8.00. The molecule has 1 aliphatic heterocycles. The highest BCUT2D eigenvalue weighted by Gasteiger charge is 2.31. The lowest BCUT2D eigenvalue weighted by Gasteiger charge is -2.21. The Morgan fingerprint density at radius 2 is 1.91 bits per heavy atom. The Morgan fingerprint density at radius 1 is 1.12 bits per heavy atom. The highest BCUT2D eigenvalue weighted by atomic mass is 19.1. The first kappa shape index (κ1) is 22.5. The molecule has 0 saturated carbocycles. The zero-order valence-electron chi connectivity index (χ0n) is 18.5. The Labute approximate surface area is 191 Å². The average molecular weight is 451 g/mol. The third kappa shape index (κ3) is 5.03. The lowest BCUT2D eigenvalue weighted by Crippen LogP contribution is -2.39. The van der Waals surface area contributed by atoms with Crippen molar-refractivity contribution in [3.63, 3.8) is 0 Å². The standard InChI is InChI=1S/C26H26FNO5/c1-31-23-10-6-9-21(25(23)32-2)22-14-18(27)12-17-13-20(33-24(17)22)15-19(28-26(29)30)11-16-7-4-3-5-8-16/h3-10,12,14,19-20,28H,11,13,15H2,1-2H3,(H,29,30). The summed E-state index contributed by atoms with van der Waals surface area (Å²) in [5.41, 5.74) is 3.01. The van der Waals surface area contributed by atoms with Crippen LogP contribution in [0.15, 0.2) is 60.7 Å². The molecule has 0 aliphatic carbocycles. The van der Waals surface area contributed by atoms with Gasteiger partial charge >= 0.3 is 6.09 Å². The molecule has 0 saturated heterocycles. The smallest absolute Gasteiger partial charge is 0.404 e. The minimum Gasteiger partial charge on any atom is -0.493 e. The molecular weight excluding hydrogens is 425 g/mol. The number of amides is 1. The molecule has 0 radical (unpaired) electrons. The van der Waals surface area contributed by atoms with Crippen molar-refractivity contribution in [1.29, 1.82) is 0 Å². The SMILES string of the molecule is COc1cccc(-c2cc(F)cc3c2OC(CC(Cc2ccccc2)NC(=O)O)C3)c1OC. The largest absolute Gasteiger partial charge is 0.493 e. The topological polar surface area (TPSA) is 77.0 Å². The Kier molecular flexibility index (Phi) is 6.68. The second kappa shape index (κ2) is 9.81. The van der Waals surface area contributed by atoms with Crippen LogP contribution < -0.4 is 19.5 Å². The molecule has 1 amide bonds. The van der Waals surface area contributed by atoms with E-state index in [0.717, 1.165) is 11.1 Å². The van der Waals surface area contributed by atoms with Gasteiger partial charge in [-0.25, -0.2) is 9.18 Å². The number of halogens is 1. The summed E-state index contributed by atoms with van der Waals surface area (Å²) in [5, 5.41) is 11.9. The van der Waals surface area contributed by atoms with E-state index >= 15 is 0 Å². The molecule has 172 valence electrons. The van der Waals surface area contributed by atoms with Gasteiger partial charge in [-0.15, -0.1) is 0 Å². The van der Waals surface area contributed by atoms with Crippen LogP contribution in [0.2, 0.25) is 0 Å². The van der Waals surface area contributed by atoms with Crippen molar-refractivity contribution in [2.24, 2.45) is 0 Å². The van der Waals surface area contributed by atoms with E-state index in [-0.39, 0.29) is 18.0 Å². The van der Waals surface area contributed by atoms with Gasteiger partial charge in [0.25, 0.3) is 0 Å². The molecule has 6 nitrogen and oxygen atoms in total. The summed E-state index contributed by atoms with van der Waals surface area (Å²) in [5.74, 6) is 1.24. The third-order valence-electron chi connectivity index (χ3n) is 5.76. The molecule has 0 aromatic heterocycles. The highest BCUT2D eigenvalue weighted by Crippen LogP contribution is 2.46. The fraction of sp³-hybridized carbons (Fsp3) is 0.269. The minimum atomic E-state index is -1.08. The average Bonchev–Trinajstić information content (AvgIpc) is 3.20. The van der Waals surface area contributed by atoms with Gasteiger partial charge in [0.15, 0.2) is 11.5 Å². The number of carbonyl (C=O) groups is 1. The molecule has 1 aliphatic rings. The van der Waals surface area contributed by atoms with Crippen molar-refractivity contribution in [2.45, 2.75) is 31.4 Å². The molecule has 2 atom stereocenters. The number of para-hydroxylation sites is 1. The van der Waals surface area contributed by atoms with E-state index in [1.807, 2.05) is 42.5 Å². The number of rotatable bonds is 8. The Bertz CT molecular complexity index is 1140. The quantitative estimate of drug-likeness (QED) is 0.499. The van der Waals surface area contributed by atoms with Gasteiger partial charge in [0.05, 0.1) is 14.2 Å². The number of fused-ring (bicyclic) bond motifs is 1. The second-order valence-electron chi connectivity index (χ2n) is 8.00. The zero-order chi connectivity index (χ0) is 23.4. The van der Waals surface area contributed by atoms with Crippen molar-refractivity contribution >= 4 is 6.09 Å². The van der Waals surface area contributed by atoms with Crippen LogP contribution >= 0.6 is 0 Å². The number of benzene rings is 3. The summed E-state index contributed by atoms with van der Waals surface area (Å²) in [6.45, 7) is 0. The molecule has 0 fully saturated rings. The van der Waals surface area contributed by atoms with Crippen LogP contribution in [0.25, 0.3) is 11.1 Å². The molecule has 0 bridgehead atoms. The van der Waals surface area contributed by atoms with Gasteiger partial charge in [-0.2, -0.15) is 0 Å². The Balaban J connectivity index is 1.61. The molecular formula is C26H26FNO5. The first-order valence-electron chi connectivity index (χ1n) is 10.7. The first-order chi connectivity index (χ1) is 16.0. The normalized spacial score (nSPS) is 15.3. The van der Waals surface area contributed by atoms with Crippen LogP contribution in [0, 0.1) is 5.82 Å². The molecule has 2 unspecified atom stereocenters. The molecule has 3 aromatic carbocycles. The van der Waals surface area contributed by atoms with Gasteiger partial charge in [0.1, 0.15) is 17.7 Å². The Morgan fingerprint density at radius 3 is 2.61 bits per heavy atom. The van der Waals surface area contributed by atoms with Crippen LogP contribution in [0.3, 0.4) is 0 Å². The first-order valence-corrected chi connectivity index (χ1v) is 10.7. The summed E-state index contributed by atoms with van der Waals surface area (Å²) in [4.78, 5) is 11.4. The van der Waals surface area contributed by atoms with Crippen LogP contribution in [0.5, 0.6) is 17.2 Å². The summed E-state index contributed by atoms with van der Waals surface area (Å²) < 4.78 is 31.8. The number of ether oxygens (including phenoxy) is 3. The van der Waals surface area contributed by atoms with Crippen LogP contribution in [-0.4, -0.2) is 37.6 Å². The van der Waals surface area contributed by atoms with Gasteiger partial charge in [-0.3, -0.25) is 0 Å². The maximum Gasteiger partial charge on any atom is 0.404 e. The van der Waals surface area contributed by atoms with E-state index in [4.69, 9.17) is 14.2 Å². The minimum absolute atomic E-state index is 0.294. The van der Waals surface area contributed by atoms with Crippen molar-refractivity contribution < 1.29 is 28.5 Å². The maximum absolute atomic E-state index is 14.6. The zero-order valence-corrected chi connectivity index (χ0v) is 18.5. The van der Waals surface area contributed by atoms with Crippen molar-refractivity contribution in [2.75, 3.05) is 14.2 Å². The lowest BCUT2D eigenvalue weighted by atomic mass is 9.96. The van der Waals surface area contributed by atoms with Crippen LogP contribution in [0.1, 0.15) is 17.5 Å². The molecule has 33 heavy (non-hydrogen) atoms. The van der Waals surface area contributed by atoms with Gasteiger partial charge in [0.2, 0.25) is 0 Å². The van der Waals surface area contributed by atoms with Crippen molar-refractivity contribution in [3.8, 4) is 28.4 Å². The third-order valence-corrected chi connectivity index (χ3v) is 5.76. The van der Waals surface area contributed by atoms with Crippen molar-refractivity contribution in [1.82, 2.24) is 5.32 Å². The van der Waals surface area contributed by atoms with E-state index in [0.29, 0.717) is 47.6 Å². The number of nitrogens with one attached hydrogen (secondary N) is 1. The van der Waals surface area contributed by atoms with Gasteiger partial charge in [0, 0.05) is 35.6 Å². The molecule has 3 aromatic rings. The number of methoxy groups -OCH3 is 2. The Hall–Kier alpha value is -3.74. The predicted octanol–water partition coefficient (Wildman–Crippen LogP) is 5.08. The molecule has 0 spiro atoms.